The number of nitrogens with zero attached hydrogens (tertiary/aromatic N) is 2. The van der Waals surface area contributed by atoms with E-state index >= 15 is 0 Å². The SMILES string of the molecule is CCCc1n[nH]c(=S)n1NCc1cc(Cl)ccc1OCc1ccc(C)cc1. The summed E-state index contributed by atoms with van der Waals surface area (Å²) in [4.78, 5) is 0. The summed E-state index contributed by atoms with van der Waals surface area (Å²) in [6.45, 7) is 5.20. The van der Waals surface area contributed by atoms with Crippen molar-refractivity contribution in [1.82, 2.24) is 14.9 Å². The molecule has 2 aromatic carbocycles. The van der Waals surface area contributed by atoms with Crippen molar-refractivity contribution in [1.29, 1.82) is 0 Å². The summed E-state index contributed by atoms with van der Waals surface area (Å²) in [5, 5.41) is 7.76. The molecule has 0 fully saturated rings. The van der Waals surface area contributed by atoms with E-state index in [2.05, 4.69) is 53.7 Å². The quantitative estimate of drug-likeness (QED) is 0.510. The Morgan fingerprint density at radius 1 is 1.22 bits per heavy atom. The first-order valence-electron chi connectivity index (χ1n) is 8.93. The molecule has 0 unspecified atom stereocenters. The molecule has 0 aliphatic rings. The summed E-state index contributed by atoms with van der Waals surface area (Å²) < 4.78 is 8.39. The van der Waals surface area contributed by atoms with E-state index in [4.69, 9.17) is 28.6 Å². The molecule has 1 aromatic heterocycles. The van der Waals surface area contributed by atoms with Gasteiger partial charge in [0.05, 0.1) is 6.54 Å². The average Bonchev–Trinajstić information content (AvgIpc) is 3.00. The van der Waals surface area contributed by atoms with Crippen LogP contribution in [0.2, 0.25) is 5.02 Å². The van der Waals surface area contributed by atoms with Gasteiger partial charge < -0.3 is 10.2 Å². The van der Waals surface area contributed by atoms with Crippen molar-refractivity contribution in [3.05, 3.63) is 74.8 Å². The van der Waals surface area contributed by atoms with Gasteiger partial charge in [-0.3, -0.25) is 5.10 Å². The number of halogens is 1. The lowest BCUT2D eigenvalue weighted by Gasteiger charge is -2.15. The zero-order chi connectivity index (χ0) is 19.2. The number of hydrogen-bond acceptors (Lipinski definition) is 4. The third kappa shape index (κ3) is 5.11. The highest BCUT2D eigenvalue weighted by Gasteiger charge is 2.09. The maximum Gasteiger partial charge on any atom is 0.214 e. The largest absolute Gasteiger partial charge is 0.489 e. The molecule has 1 heterocycles. The van der Waals surface area contributed by atoms with Crippen molar-refractivity contribution < 1.29 is 4.74 Å². The van der Waals surface area contributed by atoms with E-state index in [1.807, 2.05) is 22.9 Å². The van der Waals surface area contributed by atoms with Crippen LogP contribution in [-0.4, -0.2) is 14.9 Å². The van der Waals surface area contributed by atoms with Crippen molar-refractivity contribution in [2.24, 2.45) is 0 Å². The van der Waals surface area contributed by atoms with Gasteiger partial charge in [0.15, 0.2) is 5.82 Å². The number of aromatic nitrogens is 3. The van der Waals surface area contributed by atoms with Crippen molar-refractivity contribution in [2.75, 3.05) is 5.43 Å². The molecule has 0 aliphatic heterocycles. The predicted molar refractivity (Wildman–Crippen MR) is 111 cm³/mol. The van der Waals surface area contributed by atoms with Gasteiger partial charge in [-0.05, 0) is 49.3 Å². The maximum atomic E-state index is 6.20. The van der Waals surface area contributed by atoms with E-state index in [0.717, 1.165) is 35.5 Å². The van der Waals surface area contributed by atoms with E-state index < -0.39 is 0 Å². The van der Waals surface area contributed by atoms with Gasteiger partial charge in [0, 0.05) is 17.0 Å². The van der Waals surface area contributed by atoms with Crippen LogP contribution in [0.1, 0.15) is 35.9 Å². The molecule has 0 amide bonds. The summed E-state index contributed by atoms with van der Waals surface area (Å²) >= 11 is 11.5. The van der Waals surface area contributed by atoms with Crippen molar-refractivity contribution in [2.45, 2.75) is 39.8 Å². The van der Waals surface area contributed by atoms with Gasteiger partial charge >= 0.3 is 0 Å². The molecule has 142 valence electrons. The molecule has 0 radical (unpaired) electrons. The summed E-state index contributed by atoms with van der Waals surface area (Å²) in [7, 11) is 0. The highest BCUT2D eigenvalue weighted by Crippen LogP contribution is 2.24. The Bertz CT molecular complexity index is 949. The molecule has 0 atom stereocenters. The average molecular weight is 403 g/mol. The summed E-state index contributed by atoms with van der Waals surface area (Å²) in [5.41, 5.74) is 6.63. The van der Waals surface area contributed by atoms with Crippen molar-refractivity contribution in [3.63, 3.8) is 0 Å². The fourth-order valence-corrected chi connectivity index (χ4v) is 3.13. The first-order valence-corrected chi connectivity index (χ1v) is 9.72. The lowest BCUT2D eigenvalue weighted by molar-refractivity contribution is 0.303. The van der Waals surface area contributed by atoms with Crippen molar-refractivity contribution in [3.8, 4) is 5.75 Å². The summed E-state index contributed by atoms with van der Waals surface area (Å²) in [6, 6.07) is 14.0. The lowest BCUT2D eigenvalue weighted by Crippen LogP contribution is -2.18. The van der Waals surface area contributed by atoms with E-state index in [0.29, 0.717) is 22.9 Å². The molecule has 3 rings (SSSR count). The van der Waals surface area contributed by atoms with E-state index in [-0.39, 0.29) is 0 Å². The minimum Gasteiger partial charge on any atom is -0.489 e. The number of rotatable bonds is 8. The smallest absolute Gasteiger partial charge is 0.214 e. The number of hydrogen-bond donors (Lipinski definition) is 2. The van der Waals surface area contributed by atoms with Gasteiger partial charge in [-0.25, -0.2) is 4.68 Å². The fourth-order valence-electron chi connectivity index (χ4n) is 2.72. The van der Waals surface area contributed by atoms with Crippen LogP contribution in [0.25, 0.3) is 0 Å². The maximum absolute atomic E-state index is 6.20. The van der Waals surface area contributed by atoms with Gasteiger partial charge in [0.25, 0.3) is 0 Å². The molecule has 5 nitrogen and oxygen atoms in total. The standard InChI is InChI=1S/C20H23ClN4OS/c1-3-4-19-23-24-20(27)25(19)22-12-16-11-17(21)9-10-18(16)26-13-15-7-5-14(2)6-8-15/h5-11,22H,3-4,12-13H2,1-2H3,(H,24,27). The van der Waals surface area contributed by atoms with Gasteiger partial charge in [-0.15, -0.1) is 0 Å². The number of aromatic amines is 1. The molecule has 0 spiro atoms. The Morgan fingerprint density at radius 2 is 2.00 bits per heavy atom. The Morgan fingerprint density at radius 3 is 2.74 bits per heavy atom. The van der Waals surface area contributed by atoms with Gasteiger partial charge in [-0.1, -0.05) is 48.4 Å². The van der Waals surface area contributed by atoms with E-state index in [1.54, 1.807) is 0 Å². The van der Waals surface area contributed by atoms with Crippen LogP contribution >= 0.6 is 23.8 Å². The molecular weight excluding hydrogens is 380 g/mol. The zero-order valence-electron chi connectivity index (χ0n) is 15.5. The number of H-pyrrole nitrogens is 1. The second-order valence-electron chi connectivity index (χ2n) is 6.39. The fraction of sp³-hybridized carbons (Fsp3) is 0.300. The van der Waals surface area contributed by atoms with Crippen LogP contribution in [0.15, 0.2) is 42.5 Å². The number of benzene rings is 2. The minimum atomic E-state index is 0.501. The Kier molecular flexibility index (Phi) is 6.53. The van der Waals surface area contributed by atoms with Crippen LogP contribution in [0.4, 0.5) is 0 Å². The second-order valence-corrected chi connectivity index (χ2v) is 7.21. The first kappa shape index (κ1) is 19.5. The van der Waals surface area contributed by atoms with Gasteiger partial charge in [0.1, 0.15) is 12.4 Å². The molecule has 2 N–H and O–H groups in total. The molecule has 27 heavy (non-hydrogen) atoms. The Hall–Kier alpha value is -2.31. The zero-order valence-corrected chi connectivity index (χ0v) is 17.0. The molecule has 0 saturated heterocycles. The predicted octanol–water partition coefficient (Wildman–Crippen LogP) is 5.18. The molecule has 0 aliphatic carbocycles. The molecule has 7 heteroatoms. The van der Waals surface area contributed by atoms with E-state index in [9.17, 15) is 0 Å². The molecular formula is C20H23ClN4OS. The number of ether oxygens (including phenoxy) is 1. The topological polar surface area (TPSA) is 54.9 Å². The van der Waals surface area contributed by atoms with E-state index in [1.165, 1.54) is 5.56 Å². The molecule has 0 bridgehead atoms. The van der Waals surface area contributed by atoms with Crippen LogP contribution in [-0.2, 0) is 19.6 Å². The number of nitrogens with one attached hydrogen (secondary N) is 2. The monoisotopic (exact) mass is 402 g/mol. The summed E-state index contributed by atoms with van der Waals surface area (Å²) in [6.07, 6.45) is 1.83. The van der Waals surface area contributed by atoms with Gasteiger partial charge in [0.2, 0.25) is 4.77 Å². The third-order valence-corrected chi connectivity index (χ3v) is 4.69. The highest BCUT2D eigenvalue weighted by molar-refractivity contribution is 7.71. The van der Waals surface area contributed by atoms with Crippen LogP contribution in [0.5, 0.6) is 5.75 Å². The Balaban J connectivity index is 1.73. The number of aryl methyl sites for hydroxylation is 2. The summed E-state index contributed by atoms with van der Waals surface area (Å²) in [5.74, 6) is 1.67. The molecule has 3 aromatic rings. The van der Waals surface area contributed by atoms with Crippen LogP contribution in [0, 0.1) is 11.7 Å². The Labute approximate surface area is 169 Å². The third-order valence-electron chi connectivity index (χ3n) is 4.18. The first-order chi connectivity index (χ1) is 13.1. The normalized spacial score (nSPS) is 10.8. The van der Waals surface area contributed by atoms with Crippen molar-refractivity contribution >= 4 is 23.8 Å². The highest BCUT2D eigenvalue weighted by atomic mass is 35.5. The lowest BCUT2D eigenvalue weighted by atomic mass is 10.1. The van der Waals surface area contributed by atoms with Crippen LogP contribution < -0.4 is 10.2 Å². The van der Waals surface area contributed by atoms with Crippen LogP contribution in [0.3, 0.4) is 0 Å². The van der Waals surface area contributed by atoms with Gasteiger partial charge in [-0.2, -0.15) is 5.10 Å². The minimum absolute atomic E-state index is 0.501. The second kappa shape index (κ2) is 9.06. The molecule has 0 saturated carbocycles.